The molecule has 0 heterocycles. The Bertz CT molecular complexity index is 373. The molecule has 1 amide bonds. The van der Waals surface area contributed by atoms with E-state index in [1.165, 1.54) is 17.0 Å². The molecular weight excluding hydrogens is 204 g/mol. The summed E-state index contributed by atoms with van der Waals surface area (Å²) in [6.45, 7) is 3.54. The van der Waals surface area contributed by atoms with Gasteiger partial charge in [0.2, 0.25) is 5.91 Å². The van der Waals surface area contributed by atoms with Crippen LogP contribution in [0.2, 0.25) is 0 Å². The molecule has 1 aromatic rings. The standard InChI is InChI=1S/C12H16N2O2/c1-3-4-11(13)12(16)14(2)9-5-7-10(15)8-6-9/h3,5-8,11,15H,1,4,13H2,2H3. The first-order valence-corrected chi connectivity index (χ1v) is 4.99. The Hall–Kier alpha value is -1.81. The number of phenols is 1. The fourth-order valence-electron chi connectivity index (χ4n) is 1.33. The molecule has 0 spiro atoms. The van der Waals surface area contributed by atoms with Crippen LogP contribution in [0, 0.1) is 0 Å². The number of carbonyl (C=O) groups is 1. The topological polar surface area (TPSA) is 66.6 Å². The SMILES string of the molecule is C=CCC(N)C(=O)N(C)c1ccc(O)cc1. The van der Waals surface area contributed by atoms with Crippen molar-refractivity contribution in [2.24, 2.45) is 5.73 Å². The molecule has 0 aromatic heterocycles. The number of rotatable bonds is 4. The monoisotopic (exact) mass is 220 g/mol. The van der Waals surface area contributed by atoms with E-state index in [0.29, 0.717) is 12.1 Å². The average molecular weight is 220 g/mol. The number of phenolic OH excluding ortho intramolecular Hbond substituents is 1. The van der Waals surface area contributed by atoms with Gasteiger partial charge >= 0.3 is 0 Å². The van der Waals surface area contributed by atoms with Gasteiger partial charge in [-0.2, -0.15) is 0 Å². The molecular formula is C12H16N2O2. The largest absolute Gasteiger partial charge is 0.508 e. The van der Waals surface area contributed by atoms with E-state index in [2.05, 4.69) is 6.58 Å². The lowest BCUT2D eigenvalue weighted by Gasteiger charge is -2.20. The minimum absolute atomic E-state index is 0.167. The highest BCUT2D eigenvalue weighted by Crippen LogP contribution is 2.17. The van der Waals surface area contributed by atoms with E-state index in [1.54, 1.807) is 25.3 Å². The van der Waals surface area contributed by atoms with Gasteiger partial charge in [-0.1, -0.05) is 6.08 Å². The summed E-state index contributed by atoms with van der Waals surface area (Å²) in [4.78, 5) is 13.3. The van der Waals surface area contributed by atoms with Gasteiger partial charge in [0.25, 0.3) is 0 Å². The first-order chi connectivity index (χ1) is 7.56. The molecule has 16 heavy (non-hydrogen) atoms. The van der Waals surface area contributed by atoms with Crippen LogP contribution in [0.5, 0.6) is 5.75 Å². The van der Waals surface area contributed by atoms with Crippen molar-refractivity contribution in [3.05, 3.63) is 36.9 Å². The van der Waals surface area contributed by atoms with Gasteiger partial charge in [-0.05, 0) is 30.7 Å². The molecule has 1 aromatic carbocycles. The van der Waals surface area contributed by atoms with Crippen LogP contribution < -0.4 is 10.6 Å². The molecule has 0 saturated heterocycles. The number of likely N-dealkylation sites (N-methyl/N-ethyl adjacent to an activating group) is 1. The summed E-state index contributed by atoms with van der Waals surface area (Å²) in [5.41, 5.74) is 6.38. The number of anilines is 1. The molecule has 0 saturated carbocycles. The Morgan fingerprint density at radius 3 is 2.62 bits per heavy atom. The van der Waals surface area contributed by atoms with E-state index in [-0.39, 0.29) is 11.7 Å². The van der Waals surface area contributed by atoms with Crippen LogP contribution in [0.4, 0.5) is 5.69 Å². The predicted octanol–water partition coefficient (Wildman–Crippen LogP) is 1.26. The number of nitrogens with two attached hydrogens (primary N) is 1. The number of amides is 1. The van der Waals surface area contributed by atoms with Gasteiger partial charge in [0, 0.05) is 12.7 Å². The van der Waals surface area contributed by atoms with Crippen molar-refractivity contribution in [3.63, 3.8) is 0 Å². The first-order valence-electron chi connectivity index (χ1n) is 4.99. The molecule has 1 rings (SSSR count). The fourth-order valence-corrected chi connectivity index (χ4v) is 1.33. The number of hydrogen-bond donors (Lipinski definition) is 2. The van der Waals surface area contributed by atoms with Crippen LogP contribution in [-0.2, 0) is 4.79 Å². The Balaban J connectivity index is 2.77. The fraction of sp³-hybridized carbons (Fsp3) is 0.250. The highest BCUT2D eigenvalue weighted by Gasteiger charge is 2.17. The van der Waals surface area contributed by atoms with E-state index in [4.69, 9.17) is 10.8 Å². The normalized spacial score (nSPS) is 11.9. The minimum atomic E-state index is -0.573. The Kier molecular flexibility index (Phi) is 4.08. The van der Waals surface area contributed by atoms with Crippen molar-refractivity contribution in [2.75, 3.05) is 11.9 Å². The van der Waals surface area contributed by atoms with E-state index < -0.39 is 6.04 Å². The Morgan fingerprint density at radius 2 is 2.12 bits per heavy atom. The van der Waals surface area contributed by atoms with Gasteiger partial charge < -0.3 is 15.7 Å². The zero-order chi connectivity index (χ0) is 12.1. The summed E-state index contributed by atoms with van der Waals surface area (Å²) in [5.74, 6) is -0.00872. The van der Waals surface area contributed by atoms with E-state index in [9.17, 15) is 4.79 Å². The molecule has 0 aliphatic rings. The Labute approximate surface area is 95.0 Å². The van der Waals surface area contributed by atoms with Crippen LogP contribution >= 0.6 is 0 Å². The number of aromatic hydroxyl groups is 1. The van der Waals surface area contributed by atoms with Gasteiger partial charge in [-0.3, -0.25) is 4.79 Å². The summed E-state index contributed by atoms with van der Waals surface area (Å²) >= 11 is 0. The summed E-state index contributed by atoms with van der Waals surface area (Å²) in [7, 11) is 1.65. The maximum Gasteiger partial charge on any atom is 0.243 e. The third-order valence-corrected chi connectivity index (χ3v) is 2.31. The van der Waals surface area contributed by atoms with Crippen LogP contribution in [0.1, 0.15) is 6.42 Å². The third kappa shape index (κ3) is 2.84. The van der Waals surface area contributed by atoms with Crippen molar-refractivity contribution in [2.45, 2.75) is 12.5 Å². The maximum absolute atomic E-state index is 11.8. The van der Waals surface area contributed by atoms with Crippen molar-refractivity contribution < 1.29 is 9.90 Å². The summed E-state index contributed by atoms with van der Waals surface area (Å²) in [5, 5.41) is 9.13. The van der Waals surface area contributed by atoms with E-state index in [1.807, 2.05) is 0 Å². The van der Waals surface area contributed by atoms with Gasteiger partial charge in [0.15, 0.2) is 0 Å². The molecule has 0 aliphatic carbocycles. The Morgan fingerprint density at radius 1 is 1.56 bits per heavy atom. The van der Waals surface area contributed by atoms with Crippen molar-refractivity contribution >= 4 is 11.6 Å². The molecule has 1 atom stereocenters. The first kappa shape index (κ1) is 12.3. The van der Waals surface area contributed by atoms with E-state index >= 15 is 0 Å². The van der Waals surface area contributed by atoms with Gasteiger partial charge in [-0.15, -0.1) is 6.58 Å². The smallest absolute Gasteiger partial charge is 0.243 e. The predicted molar refractivity (Wildman–Crippen MR) is 64.3 cm³/mol. The van der Waals surface area contributed by atoms with Gasteiger partial charge in [0.1, 0.15) is 5.75 Å². The molecule has 0 fully saturated rings. The molecule has 86 valence electrons. The lowest BCUT2D eigenvalue weighted by Crippen LogP contribution is -2.41. The second-order valence-corrected chi connectivity index (χ2v) is 3.54. The number of benzene rings is 1. The van der Waals surface area contributed by atoms with Crippen molar-refractivity contribution in [3.8, 4) is 5.75 Å². The zero-order valence-electron chi connectivity index (χ0n) is 9.26. The minimum Gasteiger partial charge on any atom is -0.508 e. The number of nitrogens with zero attached hydrogens (tertiary/aromatic N) is 1. The average Bonchev–Trinajstić information content (AvgIpc) is 2.28. The molecule has 1 unspecified atom stereocenters. The van der Waals surface area contributed by atoms with Crippen LogP contribution in [0.25, 0.3) is 0 Å². The second kappa shape index (κ2) is 5.32. The second-order valence-electron chi connectivity index (χ2n) is 3.54. The molecule has 3 N–H and O–H groups in total. The van der Waals surface area contributed by atoms with Crippen LogP contribution in [0.15, 0.2) is 36.9 Å². The van der Waals surface area contributed by atoms with Crippen molar-refractivity contribution in [1.82, 2.24) is 0 Å². The quantitative estimate of drug-likeness (QED) is 0.751. The lowest BCUT2D eigenvalue weighted by atomic mass is 10.2. The molecule has 4 nitrogen and oxygen atoms in total. The van der Waals surface area contributed by atoms with Gasteiger partial charge in [-0.25, -0.2) is 0 Å². The number of hydrogen-bond acceptors (Lipinski definition) is 3. The maximum atomic E-state index is 11.8. The summed E-state index contributed by atoms with van der Waals surface area (Å²) < 4.78 is 0. The van der Waals surface area contributed by atoms with Crippen LogP contribution in [-0.4, -0.2) is 24.1 Å². The van der Waals surface area contributed by atoms with Crippen molar-refractivity contribution in [1.29, 1.82) is 0 Å². The number of carbonyl (C=O) groups excluding carboxylic acids is 1. The van der Waals surface area contributed by atoms with Crippen LogP contribution in [0.3, 0.4) is 0 Å². The summed E-state index contributed by atoms with van der Waals surface area (Å²) in [6.07, 6.45) is 2.06. The molecule has 0 aliphatic heterocycles. The highest BCUT2D eigenvalue weighted by molar-refractivity contribution is 5.96. The third-order valence-electron chi connectivity index (χ3n) is 2.31. The summed E-state index contributed by atoms with van der Waals surface area (Å²) in [6, 6.07) is 5.80. The molecule has 4 heteroatoms. The van der Waals surface area contributed by atoms with Gasteiger partial charge in [0.05, 0.1) is 6.04 Å². The lowest BCUT2D eigenvalue weighted by molar-refractivity contribution is -0.119. The molecule has 0 radical (unpaired) electrons. The zero-order valence-corrected chi connectivity index (χ0v) is 9.26. The van der Waals surface area contributed by atoms with E-state index in [0.717, 1.165) is 0 Å². The highest BCUT2D eigenvalue weighted by atomic mass is 16.3. The molecule has 0 bridgehead atoms.